The zero-order valence-corrected chi connectivity index (χ0v) is 14.9. The summed E-state index contributed by atoms with van der Waals surface area (Å²) in [6.07, 6.45) is 0. The number of benzene rings is 1. The second-order valence-electron chi connectivity index (χ2n) is 6.01. The van der Waals surface area contributed by atoms with Crippen molar-refractivity contribution in [2.24, 2.45) is 12.8 Å². The maximum absolute atomic E-state index is 12.4. The number of nitrogens with zero attached hydrogens (tertiary/aromatic N) is 1. The molecule has 3 aromatic rings. The molecule has 8 heteroatoms. The molecule has 0 radical (unpaired) electrons. The maximum Gasteiger partial charge on any atom is 0.274 e. The first-order valence-corrected chi connectivity index (χ1v) is 8.24. The Labute approximate surface area is 153 Å². The van der Waals surface area contributed by atoms with Crippen molar-refractivity contribution in [1.82, 2.24) is 9.55 Å². The lowest BCUT2D eigenvalue weighted by Gasteiger charge is -2.16. The molecule has 0 bridgehead atoms. The summed E-state index contributed by atoms with van der Waals surface area (Å²) >= 11 is 6.01. The van der Waals surface area contributed by atoms with Crippen LogP contribution in [0.25, 0.3) is 10.9 Å². The molecule has 3 rings (SSSR count). The topological polar surface area (TPSA) is 110 Å². The van der Waals surface area contributed by atoms with Crippen molar-refractivity contribution in [3.05, 3.63) is 73.4 Å². The van der Waals surface area contributed by atoms with Crippen molar-refractivity contribution >= 4 is 34.1 Å². The minimum atomic E-state index is -0.688. The average molecular weight is 373 g/mol. The molecular formula is C18H17ClN4O3. The number of nitrogens with one attached hydrogen (secondary N) is 2. The minimum absolute atomic E-state index is 0.103. The predicted molar refractivity (Wildman–Crippen MR) is 102 cm³/mol. The maximum atomic E-state index is 12.4. The minimum Gasteiger partial charge on any atom is -0.374 e. The molecule has 0 unspecified atom stereocenters. The summed E-state index contributed by atoms with van der Waals surface area (Å²) in [7, 11) is 1.46. The van der Waals surface area contributed by atoms with E-state index in [0.29, 0.717) is 16.1 Å². The van der Waals surface area contributed by atoms with Crippen LogP contribution in [0.3, 0.4) is 0 Å². The molecule has 0 spiro atoms. The number of hydrogen-bond donors (Lipinski definition) is 3. The van der Waals surface area contributed by atoms with E-state index in [1.807, 2.05) is 0 Å². The third-order valence-corrected chi connectivity index (χ3v) is 4.47. The first-order chi connectivity index (χ1) is 12.3. The molecule has 7 nitrogen and oxygen atoms in total. The molecule has 2 aromatic heterocycles. The van der Waals surface area contributed by atoms with E-state index in [1.165, 1.54) is 23.7 Å². The number of aromatic amines is 1. The Morgan fingerprint density at radius 3 is 2.65 bits per heavy atom. The standard InChI is InChI=1S/C18H17ClN4O3/c1-9(21-14-5-6-15(16(20)24)23(2)18(14)26)12-8-10-7-11(19)3-4-13(10)22-17(12)25/h3-9,21H,1-2H3,(H2,20,24)(H,22,25)/t9-/m0/s1. The lowest BCUT2D eigenvalue weighted by molar-refractivity contribution is 0.0991. The van der Waals surface area contributed by atoms with E-state index in [-0.39, 0.29) is 16.9 Å². The van der Waals surface area contributed by atoms with Crippen molar-refractivity contribution < 1.29 is 4.79 Å². The van der Waals surface area contributed by atoms with Crippen LogP contribution < -0.4 is 22.2 Å². The predicted octanol–water partition coefficient (Wildman–Crippen LogP) is 2.15. The third-order valence-electron chi connectivity index (χ3n) is 4.23. The Kier molecular flexibility index (Phi) is 4.56. The molecule has 0 aliphatic rings. The van der Waals surface area contributed by atoms with Crippen LogP contribution in [0.15, 0.2) is 46.0 Å². The zero-order valence-electron chi connectivity index (χ0n) is 14.2. The smallest absolute Gasteiger partial charge is 0.274 e. The summed E-state index contributed by atoms with van der Waals surface area (Å²) in [6, 6.07) is 9.41. The van der Waals surface area contributed by atoms with Crippen LogP contribution in [-0.2, 0) is 7.05 Å². The summed E-state index contributed by atoms with van der Waals surface area (Å²) in [4.78, 5) is 38.9. The van der Waals surface area contributed by atoms with Gasteiger partial charge in [-0.15, -0.1) is 0 Å². The van der Waals surface area contributed by atoms with Gasteiger partial charge in [-0.1, -0.05) is 11.6 Å². The number of carbonyl (C=O) groups is 1. The number of rotatable bonds is 4. The molecule has 0 fully saturated rings. The number of H-pyrrole nitrogens is 1. The number of nitrogens with two attached hydrogens (primary N) is 1. The Morgan fingerprint density at radius 1 is 1.23 bits per heavy atom. The molecule has 2 heterocycles. The summed E-state index contributed by atoms with van der Waals surface area (Å²) in [5.41, 5.74) is 6.07. The van der Waals surface area contributed by atoms with Crippen molar-refractivity contribution in [1.29, 1.82) is 0 Å². The van der Waals surface area contributed by atoms with Crippen molar-refractivity contribution in [3.63, 3.8) is 0 Å². The number of aromatic nitrogens is 2. The number of amides is 1. The largest absolute Gasteiger partial charge is 0.374 e. The Balaban J connectivity index is 1.99. The number of halogens is 1. The zero-order chi connectivity index (χ0) is 19.0. The average Bonchev–Trinajstić information content (AvgIpc) is 2.58. The Hall–Kier alpha value is -3.06. The van der Waals surface area contributed by atoms with Crippen LogP contribution in [0, 0.1) is 0 Å². The van der Waals surface area contributed by atoms with Gasteiger partial charge in [0, 0.05) is 28.5 Å². The van der Waals surface area contributed by atoms with E-state index in [2.05, 4.69) is 10.3 Å². The van der Waals surface area contributed by atoms with Gasteiger partial charge in [0.15, 0.2) is 0 Å². The molecular weight excluding hydrogens is 356 g/mol. The molecule has 1 atom stereocenters. The molecule has 0 saturated carbocycles. The first-order valence-electron chi connectivity index (χ1n) is 7.87. The van der Waals surface area contributed by atoms with E-state index < -0.39 is 17.5 Å². The van der Waals surface area contributed by atoms with Gasteiger partial charge < -0.3 is 20.6 Å². The highest BCUT2D eigenvalue weighted by Crippen LogP contribution is 2.21. The fraction of sp³-hybridized carbons (Fsp3) is 0.167. The van der Waals surface area contributed by atoms with Gasteiger partial charge in [-0.2, -0.15) is 0 Å². The number of primary amides is 1. The van der Waals surface area contributed by atoms with Crippen molar-refractivity contribution in [2.75, 3.05) is 5.32 Å². The second kappa shape index (κ2) is 6.68. The summed E-state index contributed by atoms with van der Waals surface area (Å²) in [5, 5.41) is 4.37. The molecule has 0 aliphatic carbocycles. The van der Waals surface area contributed by atoms with Gasteiger partial charge in [0.05, 0.1) is 6.04 Å². The first kappa shape index (κ1) is 17.8. The van der Waals surface area contributed by atoms with E-state index in [1.54, 1.807) is 31.2 Å². The highest BCUT2D eigenvalue weighted by molar-refractivity contribution is 6.31. The fourth-order valence-corrected chi connectivity index (χ4v) is 3.00. The van der Waals surface area contributed by atoms with Gasteiger partial charge in [-0.05, 0) is 43.3 Å². The van der Waals surface area contributed by atoms with Gasteiger partial charge in [-0.25, -0.2) is 0 Å². The van der Waals surface area contributed by atoms with E-state index in [9.17, 15) is 14.4 Å². The van der Waals surface area contributed by atoms with Crippen LogP contribution in [0.1, 0.15) is 29.0 Å². The second-order valence-corrected chi connectivity index (χ2v) is 6.45. The molecule has 1 aromatic carbocycles. The lowest BCUT2D eigenvalue weighted by Crippen LogP contribution is -2.29. The molecule has 4 N–H and O–H groups in total. The summed E-state index contributed by atoms with van der Waals surface area (Å²) < 4.78 is 1.17. The van der Waals surface area contributed by atoms with Crippen molar-refractivity contribution in [2.45, 2.75) is 13.0 Å². The van der Waals surface area contributed by atoms with Crippen LogP contribution in [0.5, 0.6) is 0 Å². The third kappa shape index (κ3) is 3.21. The van der Waals surface area contributed by atoms with Gasteiger partial charge in [0.1, 0.15) is 11.4 Å². The number of anilines is 1. The van der Waals surface area contributed by atoms with Crippen LogP contribution >= 0.6 is 11.6 Å². The molecule has 1 amide bonds. The number of carbonyl (C=O) groups excluding carboxylic acids is 1. The quantitative estimate of drug-likeness (QED) is 0.651. The highest BCUT2D eigenvalue weighted by Gasteiger charge is 2.15. The normalized spacial score (nSPS) is 12.1. The van der Waals surface area contributed by atoms with E-state index in [4.69, 9.17) is 17.3 Å². The van der Waals surface area contributed by atoms with Crippen LogP contribution in [0.2, 0.25) is 5.02 Å². The van der Waals surface area contributed by atoms with Crippen molar-refractivity contribution in [3.8, 4) is 0 Å². The molecule has 0 saturated heterocycles. The monoisotopic (exact) mass is 372 g/mol. The SMILES string of the molecule is C[C@H](Nc1ccc(C(N)=O)n(C)c1=O)c1cc2cc(Cl)ccc2[nH]c1=O. The van der Waals surface area contributed by atoms with Gasteiger partial charge in [0.25, 0.3) is 17.0 Å². The molecule has 134 valence electrons. The Bertz CT molecular complexity index is 1130. The van der Waals surface area contributed by atoms with Gasteiger partial charge in [0.2, 0.25) is 0 Å². The van der Waals surface area contributed by atoms with E-state index in [0.717, 1.165) is 5.39 Å². The van der Waals surface area contributed by atoms with E-state index >= 15 is 0 Å². The molecule has 0 aliphatic heterocycles. The number of pyridine rings is 2. The van der Waals surface area contributed by atoms with Gasteiger partial charge >= 0.3 is 0 Å². The van der Waals surface area contributed by atoms with Gasteiger partial charge in [-0.3, -0.25) is 14.4 Å². The lowest BCUT2D eigenvalue weighted by atomic mass is 10.1. The van der Waals surface area contributed by atoms with Crippen LogP contribution in [0.4, 0.5) is 5.69 Å². The fourth-order valence-electron chi connectivity index (χ4n) is 2.82. The Morgan fingerprint density at radius 2 is 1.96 bits per heavy atom. The number of fused-ring (bicyclic) bond motifs is 1. The number of hydrogen-bond acceptors (Lipinski definition) is 4. The molecule has 26 heavy (non-hydrogen) atoms. The summed E-state index contributed by atoms with van der Waals surface area (Å²) in [5.74, 6) is -0.688. The summed E-state index contributed by atoms with van der Waals surface area (Å²) in [6.45, 7) is 1.77. The highest BCUT2D eigenvalue weighted by atomic mass is 35.5. The van der Waals surface area contributed by atoms with Crippen LogP contribution in [-0.4, -0.2) is 15.5 Å².